The van der Waals surface area contributed by atoms with E-state index in [2.05, 4.69) is 6.58 Å². The molecule has 1 atom stereocenters. The quantitative estimate of drug-likeness (QED) is 0.337. The van der Waals surface area contributed by atoms with Gasteiger partial charge in [-0.05, 0) is 59.2 Å². The molecule has 0 fully saturated rings. The van der Waals surface area contributed by atoms with E-state index in [9.17, 15) is 14.4 Å². The Morgan fingerprint density at radius 1 is 1.13 bits per heavy atom. The van der Waals surface area contributed by atoms with Crippen LogP contribution in [0.15, 0.2) is 36.9 Å². The van der Waals surface area contributed by atoms with Crippen LogP contribution in [0.1, 0.15) is 68.8 Å². The van der Waals surface area contributed by atoms with Gasteiger partial charge in [0.2, 0.25) is 0 Å². The van der Waals surface area contributed by atoms with Crippen molar-refractivity contribution in [2.24, 2.45) is 0 Å². The van der Waals surface area contributed by atoms with Gasteiger partial charge in [0.15, 0.2) is 5.78 Å². The van der Waals surface area contributed by atoms with Gasteiger partial charge < -0.3 is 14.2 Å². The number of benzene rings is 1. The molecule has 0 radical (unpaired) electrons. The average Bonchev–Trinajstić information content (AvgIpc) is 3.00. The van der Waals surface area contributed by atoms with E-state index in [0.29, 0.717) is 34.6 Å². The molecular weight excluding hydrogens is 392 g/mol. The standard InChI is InChI=1S/C25H32N2O4/c1-8-15-27(24(29)20-13-11-16(4)12-14-20)19(7)23(28)21-17(5)22(25(30)31-10-3)26(9-2)18(21)6/h8,11-14,19H,1,9-10,15H2,2-7H3/t19-/m1/s1. The van der Waals surface area contributed by atoms with Crippen LogP contribution in [0.25, 0.3) is 0 Å². The van der Waals surface area contributed by atoms with Gasteiger partial charge in [-0.1, -0.05) is 23.8 Å². The first-order valence-electron chi connectivity index (χ1n) is 10.6. The molecule has 1 aromatic carbocycles. The third-order valence-electron chi connectivity index (χ3n) is 5.53. The molecule has 0 unspecified atom stereocenters. The van der Waals surface area contributed by atoms with Crippen LogP contribution in [0.2, 0.25) is 0 Å². The Morgan fingerprint density at radius 2 is 1.74 bits per heavy atom. The second kappa shape index (κ2) is 10.2. The number of nitrogens with zero attached hydrogens (tertiary/aromatic N) is 2. The Balaban J connectivity index is 2.48. The van der Waals surface area contributed by atoms with Crippen LogP contribution >= 0.6 is 0 Å². The molecule has 1 aromatic heterocycles. The normalized spacial score (nSPS) is 11.7. The van der Waals surface area contributed by atoms with E-state index in [-0.39, 0.29) is 24.8 Å². The van der Waals surface area contributed by atoms with E-state index in [1.54, 1.807) is 43.5 Å². The number of amides is 1. The van der Waals surface area contributed by atoms with Crippen LogP contribution in [-0.4, -0.2) is 46.3 Å². The SMILES string of the molecule is C=CCN(C(=O)c1ccc(C)cc1)[C@H](C)C(=O)c1c(C)c(C(=O)OCC)n(CC)c1C. The Hall–Kier alpha value is -3.15. The van der Waals surface area contributed by atoms with Crippen LogP contribution in [0.3, 0.4) is 0 Å². The van der Waals surface area contributed by atoms with Gasteiger partial charge in [0.25, 0.3) is 5.91 Å². The first kappa shape index (κ1) is 24.1. The fourth-order valence-corrected chi connectivity index (χ4v) is 3.88. The molecule has 0 saturated heterocycles. The number of carbonyl (C=O) groups is 3. The summed E-state index contributed by atoms with van der Waals surface area (Å²) in [5, 5.41) is 0. The summed E-state index contributed by atoms with van der Waals surface area (Å²) >= 11 is 0. The Kier molecular flexibility index (Phi) is 7.97. The smallest absolute Gasteiger partial charge is 0.355 e. The molecule has 2 aromatic rings. The Morgan fingerprint density at radius 3 is 2.26 bits per heavy atom. The number of Topliss-reactive ketones (excluding diaryl/α,β-unsaturated/α-hetero) is 1. The number of aryl methyl sites for hydroxylation is 1. The molecule has 31 heavy (non-hydrogen) atoms. The molecule has 166 valence electrons. The zero-order valence-corrected chi connectivity index (χ0v) is 19.3. The molecule has 6 nitrogen and oxygen atoms in total. The molecule has 0 aliphatic rings. The summed E-state index contributed by atoms with van der Waals surface area (Å²) < 4.78 is 7.00. The lowest BCUT2D eigenvalue weighted by Gasteiger charge is -2.27. The Bertz CT molecular complexity index is 986. The highest BCUT2D eigenvalue weighted by Crippen LogP contribution is 2.26. The number of aromatic nitrogens is 1. The van der Waals surface area contributed by atoms with E-state index in [1.807, 2.05) is 32.9 Å². The molecule has 0 spiro atoms. The lowest BCUT2D eigenvalue weighted by molar-refractivity contribution is 0.0512. The molecule has 0 bridgehead atoms. The predicted octanol–water partition coefficient (Wildman–Crippen LogP) is 4.51. The van der Waals surface area contributed by atoms with Gasteiger partial charge in [0, 0.05) is 29.9 Å². The average molecular weight is 425 g/mol. The number of ether oxygens (including phenoxy) is 1. The van der Waals surface area contributed by atoms with E-state index < -0.39 is 12.0 Å². The van der Waals surface area contributed by atoms with Gasteiger partial charge in [0.1, 0.15) is 5.69 Å². The highest BCUT2D eigenvalue weighted by molar-refractivity contribution is 6.07. The zero-order valence-electron chi connectivity index (χ0n) is 19.3. The molecule has 0 aliphatic heterocycles. The maximum Gasteiger partial charge on any atom is 0.355 e. The molecule has 1 amide bonds. The summed E-state index contributed by atoms with van der Waals surface area (Å²) in [6.45, 7) is 15.7. The van der Waals surface area contributed by atoms with Crippen molar-refractivity contribution in [1.29, 1.82) is 0 Å². The fraction of sp³-hybridized carbons (Fsp3) is 0.400. The number of hydrogen-bond acceptors (Lipinski definition) is 4. The third-order valence-corrected chi connectivity index (χ3v) is 5.53. The fourth-order valence-electron chi connectivity index (χ4n) is 3.88. The molecule has 1 heterocycles. The number of carbonyl (C=O) groups excluding carboxylic acids is 3. The van der Waals surface area contributed by atoms with Gasteiger partial charge in [-0.3, -0.25) is 9.59 Å². The van der Waals surface area contributed by atoms with E-state index in [4.69, 9.17) is 4.74 Å². The molecule has 2 rings (SSSR count). The highest BCUT2D eigenvalue weighted by atomic mass is 16.5. The van der Waals surface area contributed by atoms with E-state index in [1.165, 1.54) is 4.90 Å². The summed E-state index contributed by atoms with van der Waals surface area (Å²) in [5.41, 5.74) is 3.69. The molecular formula is C25H32N2O4. The van der Waals surface area contributed by atoms with Gasteiger partial charge in [-0.15, -0.1) is 6.58 Å². The molecule has 0 saturated carbocycles. The van der Waals surface area contributed by atoms with Gasteiger partial charge >= 0.3 is 5.97 Å². The number of hydrogen-bond donors (Lipinski definition) is 0. The number of esters is 1. The maximum atomic E-state index is 13.6. The monoisotopic (exact) mass is 424 g/mol. The molecule has 0 N–H and O–H groups in total. The lowest BCUT2D eigenvalue weighted by Crippen LogP contribution is -2.43. The number of rotatable bonds is 9. The van der Waals surface area contributed by atoms with E-state index in [0.717, 1.165) is 5.56 Å². The van der Waals surface area contributed by atoms with Crippen molar-refractivity contribution in [1.82, 2.24) is 9.47 Å². The minimum Gasteiger partial charge on any atom is -0.461 e. The number of ketones is 1. The van der Waals surface area contributed by atoms with Crippen LogP contribution in [-0.2, 0) is 11.3 Å². The predicted molar refractivity (Wildman–Crippen MR) is 122 cm³/mol. The van der Waals surface area contributed by atoms with Crippen molar-refractivity contribution in [3.05, 3.63) is 70.6 Å². The van der Waals surface area contributed by atoms with Crippen LogP contribution < -0.4 is 0 Å². The van der Waals surface area contributed by atoms with Crippen molar-refractivity contribution in [3.63, 3.8) is 0 Å². The van der Waals surface area contributed by atoms with Gasteiger partial charge in [-0.25, -0.2) is 4.79 Å². The summed E-state index contributed by atoms with van der Waals surface area (Å²) in [6.07, 6.45) is 1.61. The van der Waals surface area contributed by atoms with Crippen LogP contribution in [0.5, 0.6) is 0 Å². The van der Waals surface area contributed by atoms with Crippen LogP contribution in [0.4, 0.5) is 0 Å². The highest BCUT2D eigenvalue weighted by Gasteiger charge is 2.32. The first-order chi connectivity index (χ1) is 14.7. The summed E-state index contributed by atoms with van der Waals surface area (Å²) in [5.74, 6) is -0.901. The lowest BCUT2D eigenvalue weighted by atomic mass is 9.99. The largest absolute Gasteiger partial charge is 0.461 e. The molecule has 6 heteroatoms. The molecule has 0 aliphatic carbocycles. The second-order valence-corrected chi connectivity index (χ2v) is 7.55. The first-order valence-corrected chi connectivity index (χ1v) is 10.6. The topological polar surface area (TPSA) is 68.6 Å². The van der Waals surface area contributed by atoms with Crippen molar-refractivity contribution < 1.29 is 19.1 Å². The Labute approximate surface area is 184 Å². The van der Waals surface area contributed by atoms with Crippen molar-refractivity contribution in [3.8, 4) is 0 Å². The van der Waals surface area contributed by atoms with Gasteiger partial charge in [-0.2, -0.15) is 0 Å². The summed E-state index contributed by atoms with van der Waals surface area (Å²) in [7, 11) is 0. The maximum absolute atomic E-state index is 13.6. The summed E-state index contributed by atoms with van der Waals surface area (Å²) in [4.78, 5) is 40.8. The van der Waals surface area contributed by atoms with Crippen molar-refractivity contribution in [2.75, 3.05) is 13.2 Å². The van der Waals surface area contributed by atoms with Crippen molar-refractivity contribution >= 4 is 17.7 Å². The summed E-state index contributed by atoms with van der Waals surface area (Å²) in [6, 6.07) is 6.52. The van der Waals surface area contributed by atoms with Crippen LogP contribution in [0, 0.1) is 20.8 Å². The van der Waals surface area contributed by atoms with E-state index >= 15 is 0 Å². The minimum absolute atomic E-state index is 0.213. The second-order valence-electron chi connectivity index (χ2n) is 7.55. The third kappa shape index (κ3) is 4.79. The minimum atomic E-state index is -0.730. The van der Waals surface area contributed by atoms with Gasteiger partial charge in [0.05, 0.1) is 12.6 Å². The van der Waals surface area contributed by atoms with Crippen molar-refractivity contribution in [2.45, 2.75) is 54.1 Å². The zero-order chi connectivity index (χ0) is 23.3.